The maximum atomic E-state index is 6.12. The van der Waals surface area contributed by atoms with E-state index in [1.807, 2.05) is 23.9 Å². The summed E-state index contributed by atoms with van der Waals surface area (Å²) >= 11 is 1.94. The monoisotopic (exact) mass is 248 g/mol. The number of nitrogens with zero attached hydrogens (tertiary/aromatic N) is 1. The topological polar surface area (TPSA) is 30.9 Å². The van der Waals surface area contributed by atoms with Crippen LogP contribution >= 0.6 is 11.8 Å². The summed E-state index contributed by atoms with van der Waals surface area (Å²) in [6, 6.07) is 6.66. The van der Waals surface area contributed by atoms with Gasteiger partial charge in [-0.15, -0.1) is 0 Å². The molecule has 17 heavy (non-hydrogen) atoms. The molecule has 92 valence electrons. The van der Waals surface area contributed by atoms with E-state index in [0.29, 0.717) is 6.04 Å². The lowest BCUT2D eigenvalue weighted by atomic mass is 10.1. The zero-order valence-electron chi connectivity index (χ0n) is 10.7. The Kier molecular flexibility index (Phi) is 3.67. The molecule has 0 unspecified atom stereocenters. The number of benzene rings is 1. The number of fused-ring (bicyclic) bond motifs is 1. The second-order valence-corrected chi connectivity index (χ2v) is 5.81. The Bertz CT molecular complexity index is 514. The summed E-state index contributed by atoms with van der Waals surface area (Å²) in [7, 11) is 0. The SMILES string of the molecule is CCSCc1cn(C(C)C)c2cccc(N)c12. The van der Waals surface area contributed by atoms with Gasteiger partial charge in [0.1, 0.15) is 0 Å². The standard InChI is InChI=1S/C14H20N2S/c1-4-17-9-11-8-16(10(2)3)13-7-5-6-12(15)14(11)13/h5-8,10H,4,9,15H2,1-3H3. The van der Waals surface area contributed by atoms with Gasteiger partial charge in [-0.25, -0.2) is 0 Å². The van der Waals surface area contributed by atoms with Gasteiger partial charge < -0.3 is 10.3 Å². The molecule has 2 N–H and O–H groups in total. The van der Waals surface area contributed by atoms with Crippen LogP contribution in [0.4, 0.5) is 5.69 Å². The molecule has 3 heteroatoms. The zero-order chi connectivity index (χ0) is 12.4. The first-order valence-corrected chi connectivity index (χ1v) is 7.26. The first-order valence-electron chi connectivity index (χ1n) is 6.10. The number of nitrogen functional groups attached to an aromatic ring is 1. The van der Waals surface area contributed by atoms with Crippen LogP contribution in [0.5, 0.6) is 0 Å². The van der Waals surface area contributed by atoms with Crippen LogP contribution in [-0.2, 0) is 5.75 Å². The molecule has 0 aliphatic heterocycles. The molecule has 0 saturated heterocycles. The van der Waals surface area contributed by atoms with Gasteiger partial charge in [0.25, 0.3) is 0 Å². The summed E-state index contributed by atoms with van der Waals surface area (Å²) in [5.74, 6) is 2.18. The van der Waals surface area contributed by atoms with Crippen LogP contribution in [0.25, 0.3) is 10.9 Å². The largest absolute Gasteiger partial charge is 0.398 e. The lowest BCUT2D eigenvalue weighted by molar-refractivity contribution is 0.622. The number of nitrogens with two attached hydrogens (primary N) is 1. The highest BCUT2D eigenvalue weighted by Crippen LogP contribution is 2.31. The predicted octanol–water partition coefficient (Wildman–Crippen LogP) is 4.06. The third kappa shape index (κ3) is 2.29. The van der Waals surface area contributed by atoms with Gasteiger partial charge >= 0.3 is 0 Å². The average molecular weight is 248 g/mol. The highest BCUT2D eigenvalue weighted by Gasteiger charge is 2.12. The summed E-state index contributed by atoms with van der Waals surface area (Å²) in [5.41, 5.74) is 9.63. The second kappa shape index (κ2) is 5.05. The van der Waals surface area contributed by atoms with E-state index in [1.165, 1.54) is 16.5 Å². The van der Waals surface area contributed by atoms with Crippen molar-refractivity contribution in [2.45, 2.75) is 32.6 Å². The second-order valence-electron chi connectivity index (χ2n) is 4.53. The number of aromatic nitrogens is 1. The summed E-state index contributed by atoms with van der Waals surface area (Å²) in [6.07, 6.45) is 2.26. The van der Waals surface area contributed by atoms with Crippen molar-refractivity contribution in [3.8, 4) is 0 Å². The van der Waals surface area contributed by atoms with Crippen molar-refractivity contribution in [2.24, 2.45) is 0 Å². The number of thioether (sulfide) groups is 1. The lowest BCUT2D eigenvalue weighted by Gasteiger charge is -2.08. The minimum atomic E-state index is 0.472. The number of anilines is 1. The van der Waals surface area contributed by atoms with Crippen LogP contribution < -0.4 is 5.73 Å². The Hall–Kier alpha value is -1.09. The molecule has 0 saturated carbocycles. The fourth-order valence-corrected chi connectivity index (χ4v) is 2.82. The Labute approximate surface area is 107 Å². The average Bonchev–Trinajstić information content (AvgIpc) is 2.67. The molecule has 0 atom stereocenters. The van der Waals surface area contributed by atoms with E-state index in [2.05, 4.69) is 37.6 Å². The molecule has 0 fully saturated rings. The molecule has 0 radical (unpaired) electrons. The highest BCUT2D eigenvalue weighted by molar-refractivity contribution is 7.98. The van der Waals surface area contributed by atoms with Crippen LogP contribution in [0.15, 0.2) is 24.4 Å². The molecule has 0 amide bonds. The van der Waals surface area contributed by atoms with Gasteiger partial charge in [-0.05, 0) is 37.3 Å². The normalized spacial score (nSPS) is 11.5. The predicted molar refractivity (Wildman–Crippen MR) is 78.6 cm³/mol. The van der Waals surface area contributed by atoms with E-state index in [-0.39, 0.29) is 0 Å². The number of rotatable bonds is 4. The number of hydrogen-bond donors (Lipinski definition) is 1. The quantitative estimate of drug-likeness (QED) is 0.827. The van der Waals surface area contributed by atoms with Crippen molar-refractivity contribution < 1.29 is 0 Å². The van der Waals surface area contributed by atoms with Crippen LogP contribution in [0.2, 0.25) is 0 Å². The molecule has 1 aromatic heterocycles. The van der Waals surface area contributed by atoms with Crippen LogP contribution in [-0.4, -0.2) is 10.3 Å². The third-order valence-corrected chi connectivity index (χ3v) is 3.91. The van der Waals surface area contributed by atoms with Gasteiger partial charge in [0.2, 0.25) is 0 Å². The van der Waals surface area contributed by atoms with Gasteiger partial charge in [-0.1, -0.05) is 13.0 Å². The fourth-order valence-electron chi connectivity index (χ4n) is 2.17. The van der Waals surface area contributed by atoms with E-state index < -0.39 is 0 Å². The minimum absolute atomic E-state index is 0.472. The van der Waals surface area contributed by atoms with Crippen molar-refractivity contribution in [1.29, 1.82) is 0 Å². The van der Waals surface area contributed by atoms with Crippen molar-refractivity contribution >= 4 is 28.4 Å². The van der Waals surface area contributed by atoms with Crippen molar-refractivity contribution in [3.63, 3.8) is 0 Å². The Morgan fingerprint density at radius 1 is 1.35 bits per heavy atom. The van der Waals surface area contributed by atoms with Crippen molar-refractivity contribution in [2.75, 3.05) is 11.5 Å². The Morgan fingerprint density at radius 3 is 2.76 bits per heavy atom. The highest BCUT2D eigenvalue weighted by atomic mass is 32.2. The van der Waals surface area contributed by atoms with Crippen LogP contribution in [0, 0.1) is 0 Å². The lowest BCUT2D eigenvalue weighted by Crippen LogP contribution is -1.98. The van der Waals surface area contributed by atoms with E-state index >= 15 is 0 Å². The zero-order valence-corrected chi connectivity index (χ0v) is 11.6. The van der Waals surface area contributed by atoms with Gasteiger partial charge in [-0.3, -0.25) is 0 Å². The molecule has 1 aromatic carbocycles. The van der Waals surface area contributed by atoms with E-state index in [4.69, 9.17) is 5.73 Å². The molecular formula is C14H20N2S. The van der Waals surface area contributed by atoms with E-state index in [1.54, 1.807) is 0 Å². The maximum absolute atomic E-state index is 6.12. The molecule has 1 heterocycles. The molecule has 0 aliphatic rings. The van der Waals surface area contributed by atoms with E-state index in [9.17, 15) is 0 Å². The Morgan fingerprint density at radius 2 is 2.12 bits per heavy atom. The summed E-state index contributed by atoms with van der Waals surface area (Å²) < 4.78 is 2.32. The molecule has 2 aromatic rings. The summed E-state index contributed by atoms with van der Waals surface area (Å²) in [6.45, 7) is 6.61. The first kappa shape index (κ1) is 12.4. The van der Waals surface area contributed by atoms with Crippen molar-refractivity contribution in [1.82, 2.24) is 4.57 Å². The smallest absolute Gasteiger partial charge is 0.0506 e. The van der Waals surface area contributed by atoms with Gasteiger partial charge in [0, 0.05) is 29.1 Å². The van der Waals surface area contributed by atoms with Gasteiger partial charge in [-0.2, -0.15) is 11.8 Å². The molecule has 2 nitrogen and oxygen atoms in total. The molecule has 0 bridgehead atoms. The summed E-state index contributed by atoms with van der Waals surface area (Å²) in [5, 5.41) is 1.24. The number of hydrogen-bond acceptors (Lipinski definition) is 2. The van der Waals surface area contributed by atoms with Crippen molar-refractivity contribution in [3.05, 3.63) is 30.0 Å². The minimum Gasteiger partial charge on any atom is -0.398 e. The van der Waals surface area contributed by atoms with Crippen LogP contribution in [0.3, 0.4) is 0 Å². The molecule has 0 spiro atoms. The van der Waals surface area contributed by atoms with E-state index in [0.717, 1.165) is 17.2 Å². The van der Waals surface area contributed by atoms with Gasteiger partial charge in [0.05, 0.1) is 5.52 Å². The fraction of sp³-hybridized carbons (Fsp3) is 0.429. The Balaban J connectivity index is 2.59. The summed E-state index contributed by atoms with van der Waals surface area (Å²) in [4.78, 5) is 0. The third-order valence-electron chi connectivity index (χ3n) is 2.99. The van der Waals surface area contributed by atoms with Crippen LogP contribution in [0.1, 0.15) is 32.4 Å². The maximum Gasteiger partial charge on any atom is 0.0506 e. The molecule has 0 aliphatic carbocycles. The molecule has 2 rings (SSSR count). The first-order chi connectivity index (χ1) is 8.15. The molecular weight excluding hydrogens is 228 g/mol. The van der Waals surface area contributed by atoms with Gasteiger partial charge in [0.15, 0.2) is 0 Å².